The average Bonchev–Trinajstić information content (AvgIpc) is 2.45. The van der Waals surface area contributed by atoms with Gasteiger partial charge >= 0.3 is 18.6 Å². The van der Waals surface area contributed by atoms with Gasteiger partial charge in [0, 0.05) is 25.0 Å². The van der Waals surface area contributed by atoms with Crippen LogP contribution in [0.2, 0.25) is 0 Å². The maximum atomic E-state index is 10.7. The summed E-state index contributed by atoms with van der Waals surface area (Å²) in [6.45, 7) is 3.61. The second-order valence-corrected chi connectivity index (χ2v) is 3.82. The Hall–Kier alpha value is -2.00. The fourth-order valence-electron chi connectivity index (χ4n) is 1.40. The first-order valence-electron chi connectivity index (χ1n) is 6.10. The van der Waals surface area contributed by atoms with E-state index in [0.717, 1.165) is 0 Å². The zero-order valence-electron chi connectivity index (χ0n) is 12.7. The molecule has 0 spiro atoms. The molecular formula is C14H20O8V+4. The van der Waals surface area contributed by atoms with Gasteiger partial charge in [-0.2, -0.15) is 0 Å². The number of aromatic hydroxyl groups is 2. The van der Waals surface area contributed by atoms with Crippen LogP contribution < -0.4 is 10.9 Å². The molecular weight excluding hydrogens is 347 g/mol. The number of rotatable bonds is 2. The Morgan fingerprint density at radius 3 is 1.35 bits per heavy atom. The predicted octanol–water partition coefficient (Wildman–Crippen LogP) is 0.164. The van der Waals surface area contributed by atoms with Crippen LogP contribution in [0.15, 0.2) is 43.1 Å². The molecule has 0 unspecified atom stereocenters. The normalized spacial score (nSPS) is 8.43. The minimum atomic E-state index is -0.386. The van der Waals surface area contributed by atoms with Gasteiger partial charge in [0.05, 0.1) is 12.5 Å². The van der Waals surface area contributed by atoms with Crippen molar-refractivity contribution in [2.45, 2.75) is 26.7 Å². The van der Waals surface area contributed by atoms with E-state index < -0.39 is 0 Å². The molecule has 0 bridgehead atoms. The van der Waals surface area contributed by atoms with Crippen molar-refractivity contribution in [3.63, 3.8) is 0 Å². The minimum Gasteiger partial charge on any atom is -0.502 e. The van der Waals surface area contributed by atoms with Crippen molar-refractivity contribution in [2.24, 2.45) is 0 Å². The van der Waals surface area contributed by atoms with Crippen molar-refractivity contribution in [3.8, 4) is 11.5 Å². The van der Waals surface area contributed by atoms with Crippen molar-refractivity contribution < 1.29 is 48.6 Å². The fraction of sp³-hybridized carbons (Fsp3) is 0.286. The van der Waals surface area contributed by atoms with Gasteiger partial charge in [0.1, 0.15) is 11.5 Å². The molecule has 0 fully saturated rings. The van der Waals surface area contributed by atoms with Crippen LogP contribution in [0, 0.1) is 0 Å². The van der Waals surface area contributed by atoms with Gasteiger partial charge in [0.2, 0.25) is 22.4 Å². The van der Waals surface area contributed by atoms with E-state index in [4.69, 9.17) is 19.0 Å². The maximum Gasteiger partial charge on any atom is 4.00 e. The van der Waals surface area contributed by atoms with E-state index in [1.54, 1.807) is 13.8 Å². The molecule has 9 heteroatoms. The summed E-state index contributed by atoms with van der Waals surface area (Å²) in [5.41, 5.74) is -0.772. The van der Waals surface area contributed by atoms with E-state index >= 15 is 0 Å². The zero-order valence-corrected chi connectivity index (χ0v) is 14.1. The van der Waals surface area contributed by atoms with E-state index in [2.05, 4.69) is 0 Å². The van der Waals surface area contributed by atoms with Crippen molar-refractivity contribution in [3.05, 3.63) is 56.6 Å². The molecule has 2 rings (SSSR count). The van der Waals surface area contributed by atoms with Crippen LogP contribution in [0.1, 0.15) is 25.4 Å². The first kappa shape index (κ1) is 25.9. The fourth-order valence-corrected chi connectivity index (χ4v) is 1.40. The summed E-state index contributed by atoms with van der Waals surface area (Å²) < 4.78 is 9.68. The summed E-state index contributed by atoms with van der Waals surface area (Å²) in [4.78, 5) is 21.4. The van der Waals surface area contributed by atoms with Crippen LogP contribution in [-0.4, -0.2) is 21.2 Å². The van der Waals surface area contributed by atoms with Gasteiger partial charge in [0.25, 0.3) is 0 Å². The molecule has 0 aliphatic heterocycles. The molecule has 6 N–H and O–H groups in total. The minimum absolute atomic E-state index is 0. The molecule has 1 radical (unpaired) electrons. The van der Waals surface area contributed by atoms with Crippen LogP contribution in [0.3, 0.4) is 0 Å². The molecule has 23 heavy (non-hydrogen) atoms. The second kappa shape index (κ2) is 12.5. The Kier molecular flexibility index (Phi) is 14.1. The van der Waals surface area contributed by atoms with E-state index in [9.17, 15) is 9.59 Å². The van der Waals surface area contributed by atoms with E-state index in [1.165, 1.54) is 24.7 Å². The quantitative estimate of drug-likeness (QED) is 0.768. The average molecular weight is 367 g/mol. The third-order valence-corrected chi connectivity index (χ3v) is 2.50. The Labute approximate surface area is 143 Å². The van der Waals surface area contributed by atoms with Gasteiger partial charge in [-0.05, 0) is 0 Å². The Bertz CT molecular complexity index is 617. The van der Waals surface area contributed by atoms with Crippen LogP contribution in [-0.2, 0) is 31.4 Å². The Morgan fingerprint density at radius 2 is 1.13 bits per heavy atom. The molecule has 0 aliphatic rings. The first-order chi connectivity index (χ1) is 9.51. The Morgan fingerprint density at radius 1 is 0.826 bits per heavy atom. The molecule has 8 nitrogen and oxygen atoms in total. The molecule has 0 saturated carbocycles. The standard InChI is InChI=1S/2C7H8O3.2H2O.V/c2*1-2-6-7(9)5(8)3-4-10-6;;;/h2*3-4,9H,2H2,1H3;2*1H2;/q;;;;+4. The van der Waals surface area contributed by atoms with Crippen molar-refractivity contribution in [2.75, 3.05) is 0 Å². The van der Waals surface area contributed by atoms with E-state index in [0.29, 0.717) is 24.4 Å². The van der Waals surface area contributed by atoms with Crippen molar-refractivity contribution in [1.82, 2.24) is 0 Å². The molecule has 0 saturated heterocycles. The number of hydrogen-bond acceptors (Lipinski definition) is 6. The Balaban J connectivity index is -0.000000308. The predicted molar refractivity (Wildman–Crippen MR) is 79.3 cm³/mol. The molecule has 2 aromatic heterocycles. The summed E-state index contributed by atoms with van der Waals surface area (Å²) in [5.74, 6) is 0.134. The van der Waals surface area contributed by atoms with Gasteiger partial charge in [-0.25, -0.2) is 0 Å². The van der Waals surface area contributed by atoms with Gasteiger partial charge in [-0.1, -0.05) is 13.8 Å². The third kappa shape index (κ3) is 7.20. The third-order valence-electron chi connectivity index (χ3n) is 2.50. The van der Waals surface area contributed by atoms with Crippen molar-refractivity contribution >= 4 is 0 Å². The first-order valence-corrected chi connectivity index (χ1v) is 6.10. The van der Waals surface area contributed by atoms with Gasteiger partial charge < -0.3 is 30.0 Å². The molecule has 2 heterocycles. The summed E-state index contributed by atoms with van der Waals surface area (Å²) in [7, 11) is 0. The van der Waals surface area contributed by atoms with Gasteiger partial charge in [0.15, 0.2) is 0 Å². The van der Waals surface area contributed by atoms with Crippen LogP contribution >= 0.6 is 0 Å². The van der Waals surface area contributed by atoms with E-state index in [1.807, 2.05) is 0 Å². The summed E-state index contributed by atoms with van der Waals surface area (Å²) in [6.07, 6.45) is 3.62. The van der Waals surface area contributed by atoms with Gasteiger partial charge in [-0.3, -0.25) is 9.59 Å². The largest absolute Gasteiger partial charge is 4.00 e. The SMILES string of the molecule is CCc1occc(=O)c1O.CCc1occc(=O)c1O.O.O.[V+4]. The molecule has 2 aromatic rings. The van der Waals surface area contributed by atoms with Crippen LogP contribution in [0.5, 0.6) is 11.5 Å². The van der Waals surface area contributed by atoms with Crippen LogP contribution in [0.25, 0.3) is 0 Å². The summed E-state index contributed by atoms with van der Waals surface area (Å²) in [6, 6.07) is 2.38. The summed E-state index contributed by atoms with van der Waals surface area (Å²) >= 11 is 0. The van der Waals surface area contributed by atoms with E-state index in [-0.39, 0.29) is 51.9 Å². The maximum absolute atomic E-state index is 10.7. The van der Waals surface area contributed by atoms with Crippen molar-refractivity contribution in [1.29, 1.82) is 0 Å². The second-order valence-electron chi connectivity index (χ2n) is 3.82. The topological polar surface area (TPSA) is 164 Å². The number of aryl methyl sites for hydroxylation is 2. The molecule has 0 amide bonds. The smallest absolute Gasteiger partial charge is 0.502 e. The number of hydrogen-bond donors (Lipinski definition) is 2. The molecule has 125 valence electrons. The zero-order chi connectivity index (χ0) is 15.1. The van der Waals surface area contributed by atoms with Gasteiger partial charge in [-0.15, -0.1) is 0 Å². The monoisotopic (exact) mass is 367 g/mol. The molecule has 0 atom stereocenters. The molecule has 0 aliphatic carbocycles. The van der Waals surface area contributed by atoms with Crippen LogP contribution in [0.4, 0.5) is 0 Å². The molecule has 0 aromatic carbocycles. The summed E-state index contributed by atoms with van der Waals surface area (Å²) in [5, 5.41) is 18.0.